The lowest BCUT2D eigenvalue weighted by molar-refractivity contribution is -0.153. The molecule has 4 aliphatic heterocycles. The first kappa shape index (κ1) is 24.4. The van der Waals surface area contributed by atoms with Gasteiger partial charge in [-0.1, -0.05) is 61.8 Å². The highest BCUT2D eigenvalue weighted by atomic mass is 16.5. The van der Waals surface area contributed by atoms with Gasteiger partial charge in [-0.05, 0) is 31.9 Å². The number of benzene rings is 1. The summed E-state index contributed by atoms with van der Waals surface area (Å²) in [6, 6.07) is 8.65. The quantitative estimate of drug-likeness (QED) is 0.635. The van der Waals surface area contributed by atoms with E-state index in [4.69, 9.17) is 4.74 Å². The minimum absolute atomic E-state index is 0.0268. The van der Waals surface area contributed by atoms with Gasteiger partial charge in [0.1, 0.15) is 11.6 Å². The van der Waals surface area contributed by atoms with E-state index in [1.54, 1.807) is 4.90 Å². The molecule has 8 heteroatoms. The number of hydrogen-bond donors (Lipinski definition) is 1. The van der Waals surface area contributed by atoms with Gasteiger partial charge in [-0.15, -0.1) is 0 Å². The summed E-state index contributed by atoms with van der Waals surface area (Å²) in [5.41, 5.74) is -1.56. The molecule has 5 aliphatic rings. The number of carbonyl (C=O) groups excluding carboxylic acids is 3. The van der Waals surface area contributed by atoms with Crippen LogP contribution in [-0.2, 0) is 19.1 Å². The average Bonchev–Trinajstić information content (AvgIpc) is 3.16. The van der Waals surface area contributed by atoms with E-state index < -0.39 is 29.1 Å². The summed E-state index contributed by atoms with van der Waals surface area (Å²) in [6.45, 7) is 2.45. The van der Waals surface area contributed by atoms with Crippen molar-refractivity contribution in [2.45, 2.75) is 62.3 Å². The van der Waals surface area contributed by atoms with Crippen molar-refractivity contribution in [3.63, 3.8) is 0 Å². The topological polar surface area (TPSA) is 90.4 Å². The van der Waals surface area contributed by atoms with Crippen LogP contribution >= 0.6 is 0 Å². The zero-order valence-corrected chi connectivity index (χ0v) is 21.3. The Morgan fingerprint density at radius 1 is 0.919 bits per heavy atom. The number of carbonyl (C=O) groups is 3. The number of β-amino-alcohol motifs (C(OH)–C–C–N with tert-alkyl or cyclic N) is 1. The van der Waals surface area contributed by atoms with E-state index in [9.17, 15) is 19.5 Å². The van der Waals surface area contributed by atoms with Crippen LogP contribution in [-0.4, -0.2) is 82.2 Å². The number of fused-ring (bicyclic) bond motifs is 2. The number of nitrogens with zero attached hydrogens (tertiary/aromatic N) is 3. The van der Waals surface area contributed by atoms with Crippen molar-refractivity contribution in [2.75, 3.05) is 31.1 Å². The van der Waals surface area contributed by atoms with Crippen molar-refractivity contribution in [3.05, 3.63) is 54.6 Å². The molecule has 8 nitrogen and oxygen atoms in total. The highest BCUT2D eigenvalue weighted by molar-refractivity contribution is 6.04. The number of anilines is 1. The van der Waals surface area contributed by atoms with Crippen LogP contribution in [0.15, 0.2) is 54.6 Å². The van der Waals surface area contributed by atoms with E-state index >= 15 is 0 Å². The summed E-state index contributed by atoms with van der Waals surface area (Å²) in [7, 11) is 0. The summed E-state index contributed by atoms with van der Waals surface area (Å²) < 4.78 is 6.82. The number of amides is 3. The first-order valence-corrected chi connectivity index (χ1v) is 13.5. The van der Waals surface area contributed by atoms with Crippen LogP contribution in [0.2, 0.25) is 0 Å². The molecule has 1 spiro atoms. The molecule has 1 aliphatic carbocycles. The van der Waals surface area contributed by atoms with E-state index in [2.05, 4.69) is 0 Å². The number of aliphatic hydroxyl groups is 1. The summed E-state index contributed by atoms with van der Waals surface area (Å²) in [4.78, 5) is 47.7. The zero-order valence-electron chi connectivity index (χ0n) is 21.3. The van der Waals surface area contributed by atoms with Gasteiger partial charge in [-0.25, -0.2) is 0 Å². The highest BCUT2D eigenvalue weighted by Gasteiger charge is 2.74. The monoisotopic (exact) mass is 505 g/mol. The Balaban J connectivity index is 1.44. The summed E-state index contributed by atoms with van der Waals surface area (Å²) in [6.07, 6.45) is 12.9. The van der Waals surface area contributed by atoms with Crippen LogP contribution in [0.4, 0.5) is 5.69 Å². The van der Waals surface area contributed by atoms with Gasteiger partial charge in [-0.3, -0.25) is 14.4 Å². The molecular formula is C29H35N3O5. The maximum Gasteiger partial charge on any atom is 0.249 e. The Hall–Kier alpha value is -2.97. The van der Waals surface area contributed by atoms with Crippen molar-refractivity contribution in [1.82, 2.24) is 9.80 Å². The van der Waals surface area contributed by atoms with Crippen LogP contribution in [0.1, 0.15) is 39.0 Å². The largest absolute Gasteiger partial charge is 0.395 e. The number of aliphatic hydroxyl groups excluding tert-OH is 1. The van der Waals surface area contributed by atoms with Gasteiger partial charge in [0.25, 0.3) is 0 Å². The number of ether oxygens (including phenoxy) is 1. The molecule has 1 aromatic carbocycles. The van der Waals surface area contributed by atoms with E-state index in [-0.39, 0.29) is 36.9 Å². The SMILES string of the molecule is C[C@]12C=CCN(c3ccccc3)C(=O)[C@H]1[C@H]1C(=O)N(CCO)C3C(=O)N(C4CCCCC4)CC=C[C@@]31O2. The fourth-order valence-electron chi connectivity index (χ4n) is 7.45. The van der Waals surface area contributed by atoms with Crippen LogP contribution in [0, 0.1) is 11.8 Å². The normalized spacial score (nSPS) is 35.9. The van der Waals surface area contributed by atoms with Crippen LogP contribution in [0.3, 0.4) is 0 Å². The molecule has 1 saturated carbocycles. The second-order valence-electron chi connectivity index (χ2n) is 11.1. The summed E-state index contributed by atoms with van der Waals surface area (Å²) in [5.74, 6) is -2.29. The third-order valence-corrected chi connectivity index (χ3v) is 9.01. The molecule has 4 heterocycles. The van der Waals surface area contributed by atoms with Gasteiger partial charge in [-0.2, -0.15) is 0 Å². The molecule has 1 N–H and O–H groups in total. The fraction of sp³-hybridized carbons (Fsp3) is 0.552. The first-order valence-electron chi connectivity index (χ1n) is 13.5. The van der Waals surface area contributed by atoms with Gasteiger partial charge in [0, 0.05) is 31.4 Å². The van der Waals surface area contributed by atoms with E-state index in [1.807, 2.05) is 66.5 Å². The second kappa shape index (κ2) is 9.10. The fourth-order valence-corrected chi connectivity index (χ4v) is 7.45. The summed E-state index contributed by atoms with van der Waals surface area (Å²) >= 11 is 0. The lowest BCUT2D eigenvalue weighted by Crippen LogP contribution is -2.58. The third-order valence-electron chi connectivity index (χ3n) is 9.01. The maximum atomic E-state index is 14.3. The van der Waals surface area contributed by atoms with Gasteiger partial charge < -0.3 is 24.5 Å². The van der Waals surface area contributed by atoms with Crippen molar-refractivity contribution < 1.29 is 24.2 Å². The Kier molecular flexibility index (Phi) is 5.99. The van der Waals surface area contributed by atoms with Crippen LogP contribution in [0.5, 0.6) is 0 Å². The smallest absolute Gasteiger partial charge is 0.249 e. The van der Waals surface area contributed by atoms with Crippen molar-refractivity contribution in [3.8, 4) is 0 Å². The molecule has 0 aromatic heterocycles. The number of likely N-dealkylation sites (tertiary alicyclic amines) is 1. The Morgan fingerprint density at radius 2 is 1.65 bits per heavy atom. The molecule has 2 saturated heterocycles. The number of rotatable bonds is 4. The number of hydrogen-bond acceptors (Lipinski definition) is 5. The molecular weight excluding hydrogens is 470 g/mol. The standard InChI is InChI=1S/C29H35N3O5/c1-28-14-8-16-30(20-10-4-2-5-11-20)25(34)22(28)23-26(35)32(18-19-33)24-27(36)31(21-12-6-3-7-13-21)17-9-15-29(23,24)37-28/h2,4-5,8-11,14-15,21-24,33H,3,6-7,12-13,16-19H2,1H3/t22-,23+,24?,28+,29+/m1/s1. The molecule has 196 valence electrons. The Labute approximate surface area is 217 Å². The molecule has 5 atom stereocenters. The molecule has 1 unspecified atom stereocenters. The molecule has 0 bridgehead atoms. The molecule has 3 fully saturated rings. The molecule has 3 amide bonds. The van der Waals surface area contributed by atoms with Gasteiger partial charge in [0.05, 0.1) is 24.0 Å². The Morgan fingerprint density at radius 3 is 2.38 bits per heavy atom. The van der Waals surface area contributed by atoms with E-state index in [0.717, 1.165) is 31.4 Å². The molecule has 6 rings (SSSR count). The van der Waals surface area contributed by atoms with Crippen LogP contribution in [0.25, 0.3) is 0 Å². The molecule has 37 heavy (non-hydrogen) atoms. The minimum atomic E-state index is -1.27. The van der Waals surface area contributed by atoms with Crippen LogP contribution < -0.4 is 4.90 Å². The van der Waals surface area contributed by atoms with Gasteiger partial charge in [0.2, 0.25) is 17.7 Å². The molecule has 0 radical (unpaired) electrons. The number of para-hydroxylation sites is 1. The summed E-state index contributed by atoms with van der Waals surface area (Å²) in [5, 5.41) is 9.87. The lowest BCUT2D eigenvalue weighted by Gasteiger charge is -2.40. The van der Waals surface area contributed by atoms with Crippen molar-refractivity contribution in [1.29, 1.82) is 0 Å². The maximum absolute atomic E-state index is 14.3. The Bertz CT molecular complexity index is 1150. The third kappa shape index (κ3) is 3.60. The van der Waals surface area contributed by atoms with E-state index in [0.29, 0.717) is 13.1 Å². The minimum Gasteiger partial charge on any atom is -0.395 e. The van der Waals surface area contributed by atoms with Gasteiger partial charge in [0.15, 0.2) is 0 Å². The first-order chi connectivity index (χ1) is 17.9. The van der Waals surface area contributed by atoms with Gasteiger partial charge >= 0.3 is 0 Å². The average molecular weight is 506 g/mol. The van der Waals surface area contributed by atoms with E-state index in [1.165, 1.54) is 11.3 Å². The predicted octanol–water partition coefficient (Wildman–Crippen LogP) is 2.28. The molecule has 1 aromatic rings. The lowest BCUT2D eigenvalue weighted by atomic mass is 9.74. The van der Waals surface area contributed by atoms with Crippen molar-refractivity contribution in [2.24, 2.45) is 11.8 Å². The second-order valence-corrected chi connectivity index (χ2v) is 11.1. The highest BCUT2D eigenvalue weighted by Crippen LogP contribution is 2.57. The zero-order chi connectivity index (χ0) is 25.8. The van der Waals surface area contributed by atoms with Crippen molar-refractivity contribution >= 4 is 23.4 Å². The predicted molar refractivity (Wildman–Crippen MR) is 137 cm³/mol.